The van der Waals surface area contributed by atoms with Crippen LogP contribution in [-0.2, 0) is 4.79 Å². The highest BCUT2D eigenvalue weighted by atomic mass is 16.5. The highest BCUT2D eigenvalue weighted by Gasteiger charge is 2.33. The van der Waals surface area contributed by atoms with Gasteiger partial charge in [-0.2, -0.15) is 0 Å². The first-order chi connectivity index (χ1) is 8.18. The lowest BCUT2D eigenvalue weighted by atomic mass is 9.85. The first kappa shape index (κ1) is 11.6. The average Bonchev–Trinajstić information content (AvgIpc) is 2.27. The number of azo groups is 1. The van der Waals surface area contributed by atoms with Gasteiger partial charge < -0.3 is 10.5 Å². The maximum Gasteiger partial charge on any atom is 0.426 e. The third-order valence-electron chi connectivity index (χ3n) is 3.02. The molecule has 0 aromatic heterocycles. The van der Waals surface area contributed by atoms with Crippen molar-refractivity contribution < 1.29 is 9.66 Å². The second-order valence-electron chi connectivity index (χ2n) is 4.21. The van der Waals surface area contributed by atoms with Crippen LogP contribution in [0.5, 0.6) is 0 Å². The number of nitrogens with zero attached hydrogens (tertiary/aromatic N) is 2. The molecule has 0 aromatic carbocycles. The molecular formula is C12H15N3O2. The van der Waals surface area contributed by atoms with Gasteiger partial charge in [-0.15, -0.1) is 0 Å². The van der Waals surface area contributed by atoms with Crippen molar-refractivity contribution in [2.75, 3.05) is 0 Å². The molecule has 1 fully saturated rings. The van der Waals surface area contributed by atoms with Gasteiger partial charge in [0.15, 0.2) is 0 Å². The molecule has 90 valence electrons. The zero-order chi connectivity index (χ0) is 12.3. The van der Waals surface area contributed by atoms with Crippen LogP contribution in [0.4, 0.5) is 0 Å². The molecule has 0 radical (unpaired) electrons. The number of nitrogens with one attached hydrogen (secondary N) is 1. The van der Waals surface area contributed by atoms with E-state index in [9.17, 15) is 10.0 Å². The number of allylic oxidation sites excluding steroid dienone is 4. The van der Waals surface area contributed by atoms with E-state index in [0.717, 1.165) is 24.8 Å². The monoisotopic (exact) mass is 233 g/mol. The Morgan fingerprint density at radius 2 is 2.12 bits per heavy atom. The second-order valence-corrected chi connectivity index (χ2v) is 4.21. The molecule has 1 amide bonds. The van der Waals surface area contributed by atoms with Gasteiger partial charge in [0.05, 0.1) is 5.92 Å². The molecule has 1 aliphatic carbocycles. The van der Waals surface area contributed by atoms with Gasteiger partial charge in [-0.05, 0) is 36.8 Å². The summed E-state index contributed by atoms with van der Waals surface area (Å²) in [7, 11) is 0. The second kappa shape index (κ2) is 4.95. The van der Waals surface area contributed by atoms with Crippen molar-refractivity contribution in [2.24, 2.45) is 11.0 Å². The predicted octanol–water partition coefficient (Wildman–Crippen LogP) is 2.18. The van der Waals surface area contributed by atoms with Crippen LogP contribution in [0, 0.1) is 11.1 Å². The van der Waals surface area contributed by atoms with Crippen molar-refractivity contribution in [3.05, 3.63) is 41.0 Å². The Bertz CT molecular complexity index is 429. The van der Waals surface area contributed by atoms with Gasteiger partial charge in [-0.25, -0.2) is 4.79 Å². The first-order valence-electron chi connectivity index (χ1n) is 5.71. The van der Waals surface area contributed by atoms with Gasteiger partial charge in [0.25, 0.3) is 0 Å². The summed E-state index contributed by atoms with van der Waals surface area (Å²) in [6.07, 6.45) is 9.76. The molecule has 17 heavy (non-hydrogen) atoms. The van der Waals surface area contributed by atoms with Gasteiger partial charge in [-0.3, -0.25) is 0 Å². The first-order valence-corrected chi connectivity index (χ1v) is 5.71. The van der Waals surface area contributed by atoms with Crippen molar-refractivity contribution in [1.29, 1.82) is 0 Å². The van der Waals surface area contributed by atoms with Gasteiger partial charge in [0, 0.05) is 23.1 Å². The Morgan fingerprint density at radius 3 is 2.65 bits per heavy atom. The highest BCUT2D eigenvalue weighted by Crippen LogP contribution is 2.27. The van der Waals surface area contributed by atoms with E-state index in [4.69, 9.17) is 0 Å². The number of carbonyl (C=O) groups is 1. The van der Waals surface area contributed by atoms with E-state index in [1.807, 2.05) is 0 Å². The van der Waals surface area contributed by atoms with Crippen molar-refractivity contribution in [1.82, 2.24) is 5.32 Å². The molecule has 0 spiro atoms. The van der Waals surface area contributed by atoms with Crippen molar-refractivity contribution >= 4 is 5.91 Å². The van der Waals surface area contributed by atoms with Crippen LogP contribution >= 0.6 is 0 Å². The summed E-state index contributed by atoms with van der Waals surface area (Å²) >= 11 is 0. The van der Waals surface area contributed by atoms with Gasteiger partial charge in [-0.1, -0.05) is 6.42 Å². The van der Waals surface area contributed by atoms with Crippen LogP contribution < -0.4 is 5.32 Å². The molecule has 0 bridgehead atoms. The Balaban J connectivity index is 2.12. The lowest BCUT2D eigenvalue weighted by molar-refractivity contribution is -0.452. The number of hydroxylamine groups is 1. The Kier molecular flexibility index (Phi) is 3.37. The fourth-order valence-corrected chi connectivity index (χ4v) is 1.68. The lowest BCUT2D eigenvalue weighted by Gasteiger charge is -2.19. The van der Waals surface area contributed by atoms with Gasteiger partial charge >= 0.3 is 5.91 Å². The SMILES string of the molecule is CC(N=[N+]([O-])C(=O)C1CCC1)=C1C=CNC=C1. The number of rotatable bonds is 2. The molecule has 0 aromatic rings. The summed E-state index contributed by atoms with van der Waals surface area (Å²) in [5.74, 6) is -0.536. The number of dihydropyridines is 1. The Labute approximate surface area is 99.8 Å². The normalized spacial score (nSPS) is 19.8. The third kappa shape index (κ3) is 2.61. The molecular weight excluding hydrogens is 218 g/mol. The smallest absolute Gasteiger partial charge is 0.426 e. The minimum atomic E-state index is -0.418. The Hall–Kier alpha value is -1.91. The summed E-state index contributed by atoms with van der Waals surface area (Å²) in [6, 6.07) is 0. The fourth-order valence-electron chi connectivity index (χ4n) is 1.68. The predicted molar refractivity (Wildman–Crippen MR) is 62.5 cm³/mol. The molecule has 0 unspecified atom stereocenters. The summed E-state index contributed by atoms with van der Waals surface area (Å²) in [4.78, 5) is 11.8. The molecule has 1 aliphatic heterocycles. The third-order valence-corrected chi connectivity index (χ3v) is 3.02. The van der Waals surface area contributed by atoms with Gasteiger partial charge in [0.2, 0.25) is 0 Å². The quantitative estimate of drug-likeness (QED) is 0.451. The van der Waals surface area contributed by atoms with Crippen LogP contribution in [0.3, 0.4) is 0 Å². The largest absolute Gasteiger partial charge is 0.592 e. The summed E-state index contributed by atoms with van der Waals surface area (Å²) in [5, 5.41) is 18.2. The zero-order valence-corrected chi connectivity index (χ0v) is 9.72. The summed E-state index contributed by atoms with van der Waals surface area (Å²) in [6.45, 7) is 1.72. The molecule has 0 saturated heterocycles. The van der Waals surface area contributed by atoms with Crippen LogP contribution in [0.15, 0.2) is 40.9 Å². The zero-order valence-electron chi connectivity index (χ0n) is 9.72. The molecule has 5 nitrogen and oxygen atoms in total. The highest BCUT2D eigenvalue weighted by molar-refractivity contribution is 5.71. The van der Waals surface area contributed by atoms with Gasteiger partial charge in [0.1, 0.15) is 5.70 Å². The van der Waals surface area contributed by atoms with Crippen LogP contribution in [0.2, 0.25) is 0 Å². The topological polar surface area (TPSA) is 67.5 Å². The van der Waals surface area contributed by atoms with Crippen molar-refractivity contribution in [3.63, 3.8) is 0 Å². The number of carbonyl (C=O) groups excluding carboxylic acids is 1. The average molecular weight is 233 g/mol. The van der Waals surface area contributed by atoms with Crippen LogP contribution in [0.25, 0.3) is 0 Å². The number of amides is 1. The minimum Gasteiger partial charge on any atom is -0.592 e. The maximum absolute atomic E-state index is 11.6. The fraction of sp³-hybridized carbons (Fsp3) is 0.417. The molecule has 1 N–H and O–H groups in total. The van der Waals surface area contributed by atoms with E-state index < -0.39 is 5.91 Å². The maximum atomic E-state index is 11.6. The number of hydrogen-bond donors (Lipinski definition) is 1. The van der Waals surface area contributed by atoms with E-state index in [0.29, 0.717) is 5.70 Å². The molecule has 1 heterocycles. The lowest BCUT2D eigenvalue weighted by Crippen LogP contribution is -2.28. The van der Waals surface area contributed by atoms with Crippen LogP contribution in [-0.4, -0.2) is 10.8 Å². The number of hydrogen-bond acceptors (Lipinski definition) is 4. The van der Waals surface area contributed by atoms with E-state index in [1.165, 1.54) is 0 Å². The molecule has 1 saturated carbocycles. The molecule has 5 heteroatoms. The molecule has 2 aliphatic rings. The standard InChI is InChI=1S/C12H15N3O2/c1-9(10-5-7-13-8-6-10)14-15(17)12(16)11-3-2-4-11/h5-8,11,13H,2-4H2,1H3. The van der Waals surface area contributed by atoms with Crippen molar-refractivity contribution in [3.8, 4) is 0 Å². The Morgan fingerprint density at radius 1 is 1.47 bits per heavy atom. The van der Waals surface area contributed by atoms with E-state index in [1.54, 1.807) is 31.5 Å². The van der Waals surface area contributed by atoms with E-state index >= 15 is 0 Å². The summed E-state index contributed by atoms with van der Waals surface area (Å²) < 4.78 is 0. The minimum absolute atomic E-state index is 0.117. The van der Waals surface area contributed by atoms with Crippen molar-refractivity contribution in [2.45, 2.75) is 26.2 Å². The van der Waals surface area contributed by atoms with E-state index in [2.05, 4.69) is 10.4 Å². The van der Waals surface area contributed by atoms with Crippen LogP contribution in [0.1, 0.15) is 26.2 Å². The summed E-state index contributed by atoms with van der Waals surface area (Å²) in [5.41, 5.74) is 1.37. The van der Waals surface area contributed by atoms with E-state index in [-0.39, 0.29) is 10.8 Å². The molecule has 0 atom stereocenters. The molecule has 2 rings (SSSR count).